The summed E-state index contributed by atoms with van der Waals surface area (Å²) in [5.41, 5.74) is 1.75. The SMILES string of the molecule is CN1C(=O)CCC2(CNC(=O)NCc3ccc(F)cc3)CCCC=C12. The predicted molar refractivity (Wildman–Crippen MR) is 93.0 cm³/mol. The lowest BCUT2D eigenvalue weighted by Gasteiger charge is -2.46. The molecule has 1 atom stereocenters. The molecule has 1 aliphatic heterocycles. The van der Waals surface area contributed by atoms with Gasteiger partial charge in [-0.2, -0.15) is 0 Å². The van der Waals surface area contributed by atoms with Crippen molar-refractivity contribution in [2.45, 2.75) is 38.6 Å². The third-order valence-electron chi connectivity index (χ3n) is 5.25. The Morgan fingerprint density at radius 3 is 2.76 bits per heavy atom. The van der Waals surface area contributed by atoms with Crippen LogP contribution >= 0.6 is 0 Å². The van der Waals surface area contributed by atoms with Gasteiger partial charge < -0.3 is 15.5 Å². The average Bonchev–Trinajstić information content (AvgIpc) is 2.63. The minimum atomic E-state index is -0.292. The molecule has 1 unspecified atom stereocenters. The Balaban J connectivity index is 1.57. The summed E-state index contributed by atoms with van der Waals surface area (Å²) in [4.78, 5) is 25.9. The van der Waals surface area contributed by atoms with Crippen LogP contribution in [-0.4, -0.2) is 30.4 Å². The summed E-state index contributed by atoms with van der Waals surface area (Å²) >= 11 is 0. The van der Waals surface area contributed by atoms with Crippen LogP contribution in [0.15, 0.2) is 36.0 Å². The molecule has 0 radical (unpaired) electrons. The van der Waals surface area contributed by atoms with E-state index in [-0.39, 0.29) is 23.2 Å². The number of nitrogens with one attached hydrogen (secondary N) is 2. The fourth-order valence-corrected chi connectivity index (χ4v) is 3.78. The molecule has 2 N–H and O–H groups in total. The number of fused-ring (bicyclic) bond motifs is 1. The Morgan fingerprint density at radius 2 is 2.00 bits per heavy atom. The summed E-state index contributed by atoms with van der Waals surface area (Å²) in [6.45, 7) is 0.867. The molecule has 3 amide bonds. The second-order valence-electron chi connectivity index (χ2n) is 6.88. The summed E-state index contributed by atoms with van der Waals surface area (Å²) in [5.74, 6) is -0.149. The second-order valence-corrected chi connectivity index (χ2v) is 6.88. The number of hydrogen-bond donors (Lipinski definition) is 2. The highest BCUT2D eigenvalue weighted by molar-refractivity contribution is 5.80. The topological polar surface area (TPSA) is 61.4 Å². The van der Waals surface area contributed by atoms with E-state index >= 15 is 0 Å². The molecule has 2 aliphatic rings. The van der Waals surface area contributed by atoms with E-state index in [4.69, 9.17) is 0 Å². The van der Waals surface area contributed by atoms with E-state index < -0.39 is 0 Å². The lowest BCUT2D eigenvalue weighted by molar-refractivity contribution is -0.132. The molecule has 3 rings (SSSR count). The molecular weight excluding hydrogens is 321 g/mol. The summed E-state index contributed by atoms with van der Waals surface area (Å²) in [7, 11) is 1.82. The van der Waals surface area contributed by atoms with Crippen LogP contribution in [0.3, 0.4) is 0 Å². The molecule has 0 saturated carbocycles. The Morgan fingerprint density at radius 1 is 1.24 bits per heavy atom. The fourth-order valence-electron chi connectivity index (χ4n) is 3.78. The van der Waals surface area contributed by atoms with Crippen molar-refractivity contribution in [1.29, 1.82) is 0 Å². The van der Waals surface area contributed by atoms with E-state index in [0.29, 0.717) is 19.5 Å². The van der Waals surface area contributed by atoms with Gasteiger partial charge in [0.25, 0.3) is 0 Å². The smallest absolute Gasteiger partial charge is 0.315 e. The Kier molecular flexibility index (Phi) is 5.06. The number of carbonyl (C=O) groups is 2. The first-order chi connectivity index (χ1) is 12.0. The van der Waals surface area contributed by atoms with Crippen LogP contribution in [0.1, 0.15) is 37.7 Å². The number of halogens is 1. The van der Waals surface area contributed by atoms with Crippen LogP contribution in [0.2, 0.25) is 0 Å². The lowest BCUT2D eigenvalue weighted by Crippen LogP contribution is -2.50. The first kappa shape index (κ1) is 17.5. The number of piperidine rings is 1. The number of likely N-dealkylation sites (tertiary alicyclic amines) is 1. The van der Waals surface area contributed by atoms with E-state index in [0.717, 1.165) is 36.9 Å². The molecule has 1 fully saturated rings. The molecule has 134 valence electrons. The number of carbonyl (C=O) groups excluding carboxylic acids is 2. The molecule has 0 bridgehead atoms. The van der Waals surface area contributed by atoms with Gasteiger partial charge in [0.05, 0.1) is 0 Å². The van der Waals surface area contributed by atoms with Gasteiger partial charge in [0.2, 0.25) is 5.91 Å². The van der Waals surface area contributed by atoms with Crippen molar-refractivity contribution >= 4 is 11.9 Å². The van der Waals surface area contributed by atoms with E-state index in [1.54, 1.807) is 17.0 Å². The van der Waals surface area contributed by atoms with Crippen molar-refractivity contribution in [1.82, 2.24) is 15.5 Å². The van der Waals surface area contributed by atoms with Crippen LogP contribution in [-0.2, 0) is 11.3 Å². The zero-order valence-corrected chi connectivity index (χ0v) is 14.5. The maximum absolute atomic E-state index is 12.9. The van der Waals surface area contributed by atoms with Crippen molar-refractivity contribution in [3.05, 3.63) is 47.4 Å². The molecule has 25 heavy (non-hydrogen) atoms. The molecule has 1 aliphatic carbocycles. The predicted octanol–water partition coefficient (Wildman–Crippen LogP) is 2.93. The maximum Gasteiger partial charge on any atom is 0.315 e. The van der Waals surface area contributed by atoms with Crippen LogP contribution in [0, 0.1) is 11.2 Å². The number of hydrogen-bond acceptors (Lipinski definition) is 2. The lowest BCUT2D eigenvalue weighted by atomic mass is 9.70. The van der Waals surface area contributed by atoms with Crippen LogP contribution < -0.4 is 10.6 Å². The van der Waals surface area contributed by atoms with Gasteiger partial charge in [-0.3, -0.25) is 4.79 Å². The quantitative estimate of drug-likeness (QED) is 0.881. The number of benzene rings is 1. The minimum absolute atomic E-state index is 0.143. The molecule has 1 saturated heterocycles. The van der Waals surface area contributed by atoms with Gasteiger partial charge in [-0.25, -0.2) is 9.18 Å². The highest BCUT2D eigenvalue weighted by atomic mass is 19.1. The van der Waals surface area contributed by atoms with Gasteiger partial charge in [0, 0.05) is 37.7 Å². The zero-order chi connectivity index (χ0) is 17.9. The third-order valence-corrected chi connectivity index (χ3v) is 5.25. The second kappa shape index (κ2) is 7.25. The normalized spacial score (nSPS) is 22.9. The molecule has 0 aromatic heterocycles. The summed E-state index contributed by atoms with van der Waals surface area (Å²) in [5, 5.41) is 5.75. The van der Waals surface area contributed by atoms with Gasteiger partial charge in [-0.15, -0.1) is 0 Å². The van der Waals surface area contributed by atoms with E-state index in [1.807, 2.05) is 7.05 Å². The number of rotatable bonds is 4. The number of urea groups is 1. The van der Waals surface area contributed by atoms with E-state index in [2.05, 4.69) is 16.7 Å². The molecule has 1 aromatic carbocycles. The van der Waals surface area contributed by atoms with Gasteiger partial charge in [0.1, 0.15) is 5.82 Å². The minimum Gasteiger partial charge on any atom is -0.337 e. The van der Waals surface area contributed by atoms with Crippen molar-refractivity contribution in [3.63, 3.8) is 0 Å². The van der Waals surface area contributed by atoms with Gasteiger partial charge >= 0.3 is 6.03 Å². The number of amides is 3. The Hall–Kier alpha value is -2.37. The molecule has 6 heteroatoms. The Bertz CT molecular complexity index is 686. The van der Waals surface area contributed by atoms with Crippen molar-refractivity contribution in [3.8, 4) is 0 Å². The van der Waals surface area contributed by atoms with Crippen molar-refractivity contribution in [2.75, 3.05) is 13.6 Å². The molecule has 5 nitrogen and oxygen atoms in total. The van der Waals surface area contributed by atoms with Crippen molar-refractivity contribution in [2.24, 2.45) is 5.41 Å². The standard InChI is InChI=1S/C19H24FN3O2/c1-23-16-4-2-3-10-19(16,11-9-17(23)24)13-22-18(25)21-12-14-5-7-15(20)8-6-14/h4-8H,2-3,9-13H2,1H3,(H2,21,22,25). The van der Waals surface area contributed by atoms with Gasteiger partial charge in [0.15, 0.2) is 0 Å². The maximum atomic E-state index is 12.9. The first-order valence-corrected chi connectivity index (χ1v) is 8.73. The summed E-state index contributed by atoms with van der Waals surface area (Å²) in [6.07, 6.45) is 6.47. The Labute approximate surface area is 147 Å². The van der Waals surface area contributed by atoms with Crippen molar-refractivity contribution < 1.29 is 14.0 Å². The highest BCUT2D eigenvalue weighted by Gasteiger charge is 2.43. The average molecular weight is 345 g/mol. The van der Waals surface area contributed by atoms with E-state index in [1.165, 1.54) is 12.1 Å². The highest BCUT2D eigenvalue weighted by Crippen LogP contribution is 2.45. The van der Waals surface area contributed by atoms with Crippen LogP contribution in [0.4, 0.5) is 9.18 Å². The molecule has 1 heterocycles. The van der Waals surface area contributed by atoms with Crippen LogP contribution in [0.25, 0.3) is 0 Å². The third kappa shape index (κ3) is 3.83. The number of nitrogens with zero attached hydrogens (tertiary/aromatic N) is 1. The number of allylic oxidation sites excluding steroid dienone is 1. The molecule has 1 aromatic rings. The van der Waals surface area contributed by atoms with Crippen LogP contribution in [0.5, 0.6) is 0 Å². The summed E-state index contributed by atoms with van der Waals surface area (Å²) in [6, 6.07) is 5.81. The largest absolute Gasteiger partial charge is 0.337 e. The molecular formula is C19H24FN3O2. The molecule has 0 spiro atoms. The summed E-state index contributed by atoms with van der Waals surface area (Å²) < 4.78 is 12.9. The first-order valence-electron chi connectivity index (χ1n) is 8.73. The van der Waals surface area contributed by atoms with Gasteiger partial charge in [-0.05, 0) is 43.4 Å². The monoisotopic (exact) mass is 345 g/mol. The zero-order valence-electron chi connectivity index (χ0n) is 14.5. The van der Waals surface area contributed by atoms with Gasteiger partial charge in [-0.1, -0.05) is 18.2 Å². The fraction of sp³-hybridized carbons (Fsp3) is 0.474. The van der Waals surface area contributed by atoms with E-state index in [9.17, 15) is 14.0 Å².